The highest BCUT2D eigenvalue weighted by Crippen LogP contribution is 2.12. The summed E-state index contributed by atoms with van der Waals surface area (Å²) < 4.78 is 10.6. The maximum absolute atomic E-state index is 12.1. The number of ether oxygens (including phenoxy) is 2. The monoisotopic (exact) mass is 462 g/mol. The van der Waals surface area contributed by atoms with Gasteiger partial charge in [0, 0.05) is 12.2 Å². The Labute approximate surface area is 201 Å². The highest BCUT2D eigenvalue weighted by molar-refractivity contribution is 5.91. The maximum atomic E-state index is 12.1. The predicted octanol–water partition coefficient (Wildman–Crippen LogP) is 7.04. The molecule has 0 bridgehead atoms. The summed E-state index contributed by atoms with van der Waals surface area (Å²) in [6.45, 7) is 10.6. The first-order chi connectivity index (χ1) is 16.1. The molecule has 188 valence electrons. The summed E-state index contributed by atoms with van der Waals surface area (Å²) >= 11 is 0. The van der Waals surface area contributed by atoms with Crippen LogP contribution in [0.3, 0.4) is 0 Å². The summed E-state index contributed by atoms with van der Waals surface area (Å²) in [7, 11) is 0. The Morgan fingerprint density at radius 3 is 1.88 bits per heavy atom. The van der Waals surface area contributed by atoms with E-state index in [4.69, 9.17) is 9.47 Å². The predicted molar refractivity (Wildman–Crippen MR) is 136 cm³/mol. The van der Waals surface area contributed by atoms with Crippen molar-refractivity contribution in [1.82, 2.24) is 4.90 Å². The molecule has 0 saturated heterocycles. The average Bonchev–Trinajstić information content (AvgIpc) is 2.82. The van der Waals surface area contributed by atoms with E-state index in [1.165, 1.54) is 51.4 Å². The Bertz CT molecular complexity index is 626. The lowest BCUT2D eigenvalue weighted by Gasteiger charge is -2.21. The number of carbonyl (C=O) groups is 2. The van der Waals surface area contributed by atoms with Gasteiger partial charge < -0.3 is 14.4 Å². The van der Waals surface area contributed by atoms with Crippen LogP contribution in [0.2, 0.25) is 0 Å². The average molecular weight is 463 g/mol. The third kappa shape index (κ3) is 14.6. The highest BCUT2D eigenvalue weighted by atomic mass is 16.5. The fraction of sp³-hybridized carbons (Fsp3) is 0.704. The van der Waals surface area contributed by atoms with Gasteiger partial charge in [0.15, 0.2) is 0 Å². The van der Waals surface area contributed by atoms with Crippen LogP contribution in [-0.4, -0.2) is 49.8 Å². The number of hydrogen-bond donors (Lipinski definition) is 1. The first-order valence-corrected chi connectivity index (χ1v) is 13.0. The number of unbranched alkanes of at least 4 members (excludes halogenated alkanes) is 7. The van der Waals surface area contributed by atoms with E-state index < -0.39 is 6.09 Å². The van der Waals surface area contributed by atoms with Gasteiger partial charge in [-0.1, -0.05) is 65.7 Å². The molecular formula is C27H46N2O4. The Hall–Kier alpha value is -2.08. The fourth-order valence-electron chi connectivity index (χ4n) is 3.53. The third-order valence-electron chi connectivity index (χ3n) is 5.61. The SMILES string of the molecule is CCCCCCCCOC(=O)c1ccc(NC(=O)OCCCN(CCCC)CCCC)cc1. The van der Waals surface area contributed by atoms with Gasteiger partial charge in [0.25, 0.3) is 0 Å². The van der Waals surface area contributed by atoms with Crippen molar-refractivity contribution in [3.05, 3.63) is 29.8 Å². The normalized spacial score (nSPS) is 10.9. The molecule has 0 atom stereocenters. The van der Waals surface area contributed by atoms with E-state index in [-0.39, 0.29) is 5.97 Å². The molecule has 0 heterocycles. The smallest absolute Gasteiger partial charge is 0.411 e. The maximum Gasteiger partial charge on any atom is 0.411 e. The number of nitrogens with zero attached hydrogens (tertiary/aromatic N) is 1. The van der Waals surface area contributed by atoms with Gasteiger partial charge in [-0.15, -0.1) is 0 Å². The lowest BCUT2D eigenvalue weighted by molar-refractivity contribution is 0.0497. The molecule has 0 aliphatic carbocycles. The van der Waals surface area contributed by atoms with E-state index in [1.807, 2.05) is 0 Å². The van der Waals surface area contributed by atoms with Crippen LogP contribution < -0.4 is 5.32 Å². The summed E-state index contributed by atoms with van der Waals surface area (Å²) in [6.07, 6.45) is 12.1. The zero-order valence-electron chi connectivity index (χ0n) is 21.2. The van der Waals surface area contributed by atoms with Crippen LogP contribution in [0.25, 0.3) is 0 Å². The van der Waals surface area contributed by atoms with Crippen molar-refractivity contribution in [1.29, 1.82) is 0 Å². The minimum absolute atomic E-state index is 0.326. The first-order valence-electron chi connectivity index (χ1n) is 13.0. The highest BCUT2D eigenvalue weighted by Gasteiger charge is 2.09. The van der Waals surface area contributed by atoms with Crippen molar-refractivity contribution in [3.8, 4) is 0 Å². The summed E-state index contributed by atoms with van der Waals surface area (Å²) in [5.41, 5.74) is 1.08. The molecule has 1 rings (SSSR count). The van der Waals surface area contributed by atoms with Crippen LogP contribution in [0, 0.1) is 0 Å². The molecule has 0 aliphatic heterocycles. The third-order valence-corrected chi connectivity index (χ3v) is 5.61. The lowest BCUT2D eigenvalue weighted by atomic mass is 10.1. The van der Waals surface area contributed by atoms with Crippen molar-refractivity contribution < 1.29 is 19.1 Å². The minimum Gasteiger partial charge on any atom is -0.462 e. The minimum atomic E-state index is -0.470. The van der Waals surface area contributed by atoms with Crippen molar-refractivity contribution in [3.63, 3.8) is 0 Å². The van der Waals surface area contributed by atoms with Crippen molar-refractivity contribution in [2.24, 2.45) is 0 Å². The zero-order valence-corrected chi connectivity index (χ0v) is 21.2. The van der Waals surface area contributed by atoms with Gasteiger partial charge in [-0.2, -0.15) is 0 Å². The van der Waals surface area contributed by atoms with E-state index in [0.717, 1.165) is 38.9 Å². The molecule has 1 amide bonds. The molecule has 1 N–H and O–H groups in total. The number of hydrogen-bond acceptors (Lipinski definition) is 5. The molecule has 0 aliphatic rings. The van der Waals surface area contributed by atoms with Crippen LogP contribution in [0.5, 0.6) is 0 Å². The largest absolute Gasteiger partial charge is 0.462 e. The van der Waals surface area contributed by atoms with Gasteiger partial charge in [-0.25, -0.2) is 9.59 Å². The number of carbonyl (C=O) groups excluding carboxylic acids is 2. The molecule has 6 heteroatoms. The van der Waals surface area contributed by atoms with E-state index in [9.17, 15) is 9.59 Å². The molecule has 1 aromatic carbocycles. The second-order valence-corrected chi connectivity index (χ2v) is 8.64. The van der Waals surface area contributed by atoms with Crippen molar-refractivity contribution >= 4 is 17.7 Å². The summed E-state index contributed by atoms with van der Waals surface area (Å²) in [5.74, 6) is -0.326. The number of anilines is 1. The summed E-state index contributed by atoms with van der Waals surface area (Å²) in [5, 5.41) is 2.71. The van der Waals surface area contributed by atoms with Gasteiger partial charge in [-0.05, 0) is 63.0 Å². The van der Waals surface area contributed by atoms with Crippen molar-refractivity contribution in [2.45, 2.75) is 91.4 Å². The fourth-order valence-corrected chi connectivity index (χ4v) is 3.53. The van der Waals surface area contributed by atoms with E-state index in [0.29, 0.717) is 24.5 Å². The molecule has 0 spiro atoms. The number of esters is 1. The number of nitrogens with one attached hydrogen (secondary N) is 1. The van der Waals surface area contributed by atoms with Crippen LogP contribution in [-0.2, 0) is 9.47 Å². The van der Waals surface area contributed by atoms with Crippen LogP contribution >= 0.6 is 0 Å². The molecule has 0 unspecified atom stereocenters. The van der Waals surface area contributed by atoms with Crippen LogP contribution in [0.1, 0.15) is 102 Å². The van der Waals surface area contributed by atoms with Crippen LogP contribution in [0.4, 0.5) is 10.5 Å². The van der Waals surface area contributed by atoms with Gasteiger partial charge in [0.05, 0.1) is 18.8 Å². The van der Waals surface area contributed by atoms with Gasteiger partial charge >= 0.3 is 12.1 Å². The Balaban J connectivity index is 2.24. The van der Waals surface area contributed by atoms with E-state index in [1.54, 1.807) is 24.3 Å². The lowest BCUT2D eigenvalue weighted by Crippen LogP contribution is -2.28. The first kappa shape index (κ1) is 29.0. The summed E-state index contributed by atoms with van der Waals surface area (Å²) in [6, 6.07) is 6.72. The van der Waals surface area contributed by atoms with Crippen LogP contribution in [0.15, 0.2) is 24.3 Å². The van der Waals surface area contributed by atoms with Crippen molar-refractivity contribution in [2.75, 3.05) is 38.2 Å². The van der Waals surface area contributed by atoms with E-state index >= 15 is 0 Å². The molecular weight excluding hydrogens is 416 g/mol. The zero-order chi connectivity index (χ0) is 24.2. The molecule has 0 fully saturated rings. The number of benzene rings is 1. The molecule has 6 nitrogen and oxygen atoms in total. The van der Waals surface area contributed by atoms with Gasteiger partial charge in [-0.3, -0.25) is 5.32 Å². The topological polar surface area (TPSA) is 67.9 Å². The Morgan fingerprint density at radius 2 is 1.24 bits per heavy atom. The standard InChI is InChI=1S/C27H46N2O4/c1-4-7-10-11-12-13-22-32-26(30)24-15-17-25(18-16-24)28-27(31)33-23-14-21-29(19-8-5-2)20-9-6-3/h15-18H,4-14,19-23H2,1-3H3,(H,28,31). The van der Waals surface area contributed by atoms with Gasteiger partial charge in [0.2, 0.25) is 0 Å². The Kier molecular flexibility index (Phi) is 17.0. The quantitative estimate of drug-likeness (QED) is 0.176. The molecule has 0 aromatic heterocycles. The summed E-state index contributed by atoms with van der Waals surface area (Å²) in [4.78, 5) is 26.6. The molecule has 0 radical (unpaired) electrons. The van der Waals surface area contributed by atoms with E-state index in [2.05, 4.69) is 31.0 Å². The molecule has 33 heavy (non-hydrogen) atoms. The number of amides is 1. The Morgan fingerprint density at radius 1 is 0.697 bits per heavy atom. The number of rotatable bonds is 19. The second-order valence-electron chi connectivity index (χ2n) is 8.64. The molecule has 1 aromatic rings. The van der Waals surface area contributed by atoms with Gasteiger partial charge in [0.1, 0.15) is 0 Å². The molecule has 0 saturated carbocycles. The second kappa shape index (κ2) is 19.4.